The van der Waals surface area contributed by atoms with Gasteiger partial charge in [0.05, 0.1) is 17.0 Å². The molecule has 3 N–H and O–H groups in total. The number of nitrogens with one attached hydrogen (secondary N) is 2. The molecule has 0 bridgehead atoms. The first-order chi connectivity index (χ1) is 17.7. The van der Waals surface area contributed by atoms with Crippen LogP contribution in [0.3, 0.4) is 0 Å². The summed E-state index contributed by atoms with van der Waals surface area (Å²) in [5.74, 6) is -0.832. The largest absolute Gasteiger partial charge is 0.393 e. The molecule has 4 atom stereocenters. The standard InChI is InChI=1S/C25H32F3N5O3S/c1-3-14(11-26)30-19-10-17(22(27)28)18(12-29-19)21-20(25(36)33-8-4-5-13(33)2)32-24(37-21)23(35)31-15-6-7-16(34)9-15/h10,12-16,22,34H,3-9,11H2,1-2H3,(H,29,30)(H,31,35)/t13-,14-,15+,16+/m0/s1. The number of rotatable bonds is 9. The number of carbonyl (C=O) groups excluding carboxylic acids is 2. The van der Waals surface area contributed by atoms with E-state index in [0.717, 1.165) is 30.2 Å². The third-order valence-electron chi connectivity index (χ3n) is 7.02. The number of anilines is 1. The summed E-state index contributed by atoms with van der Waals surface area (Å²) in [5, 5.41) is 15.4. The van der Waals surface area contributed by atoms with Crippen LogP contribution in [0.25, 0.3) is 10.4 Å². The molecular formula is C25H32F3N5O3S. The van der Waals surface area contributed by atoms with E-state index >= 15 is 0 Å². The van der Waals surface area contributed by atoms with Crippen molar-refractivity contribution in [1.29, 1.82) is 0 Å². The summed E-state index contributed by atoms with van der Waals surface area (Å²) < 4.78 is 41.6. The zero-order valence-electron chi connectivity index (χ0n) is 20.8. The van der Waals surface area contributed by atoms with Crippen molar-refractivity contribution in [1.82, 2.24) is 20.2 Å². The van der Waals surface area contributed by atoms with E-state index in [1.807, 2.05) is 6.92 Å². The molecule has 202 valence electrons. The van der Waals surface area contributed by atoms with Crippen LogP contribution in [0.15, 0.2) is 12.3 Å². The lowest BCUT2D eigenvalue weighted by Gasteiger charge is -2.21. The van der Waals surface area contributed by atoms with Crippen LogP contribution in [0.4, 0.5) is 19.0 Å². The maximum absolute atomic E-state index is 14.2. The Morgan fingerprint density at radius 2 is 2.08 bits per heavy atom. The van der Waals surface area contributed by atoms with E-state index in [1.165, 1.54) is 6.20 Å². The first-order valence-electron chi connectivity index (χ1n) is 12.6. The molecule has 1 aliphatic carbocycles. The second-order valence-electron chi connectivity index (χ2n) is 9.69. The summed E-state index contributed by atoms with van der Waals surface area (Å²) in [7, 11) is 0. The number of hydrogen-bond donors (Lipinski definition) is 3. The lowest BCUT2D eigenvalue weighted by molar-refractivity contribution is 0.0743. The first kappa shape index (κ1) is 27.3. The van der Waals surface area contributed by atoms with Gasteiger partial charge in [0.25, 0.3) is 18.2 Å². The Balaban J connectivity index is 1.73. The van der Waals surface area contributed by atoms with Crippen LogP contribution in [0.2, 0.25) is 0 Å². The Bertz CT molecular complexity index is 1130. The fourth-order valence-corrected chi connectivity index (χ4v) is 5.82. The number of thiazole rings is 1. The van der Waals surface area contributed by atoms with Crippen molar-refractivity contribution in [2.75, 3.05) is 18.5 Å². The molecule has 2 aromatic heterocycles. The molecule has 2 aromatic rings. The Kier molecular flexibility index (Phi) is 8.68. The quantitative estimate of drug-likeness (QED) is 0.431. The number of hydrogen-bond acceptors (Lipinski definition) is 7. The van der Waals surface area contributed by atoms with Crippen molar-refractivity contribution in [2.24, 2.45) is 0 Å². The first-order valence-corrected chi connectivity index (χ1v) is 13.4. The molecule has 2 amide bonds. The zero-order chi connectivity index (χ0) is 26.7. The van der Waals surface area contributed by atoms with E-state index in [4.69, 9.17) is 0 Å². The van der Waals surface area contributed by atoms with Crippen molar-refractivity contribution in [3.8, 4) is 10.4 Å². The summed E-state index contributed by atoms with van der Waals surface area (Å²) in [5.41, 5.74) is -0.434. The van der Waals surface area contributed by atoms with Crippen LogP contribution < -0.4 is 10.6 Å². The Labute approximate surface area is 217 Å². The molecule has 1 saturated carbocycles. The Morgan fingerprint density at radius 3 is 2.68 bits per heavy atom. The van der Waals surface area contributed by atoms with Gasteiger partial charge in [-0.3, -0.25) is 9.59 Å². The number of aliphatic hydroxyl groups is 1. The topological polar surface area (TPSA) is 107 Å². The van der Waals surface area contributed by atoms with Crippen LogP contribution in [-0.4, -0.2) is 69.2 Å². The van der Waals surface area contributed by atoms with Crippen molar-refractivity contribution >= 4 is 29.0 Å². The number of halogens is 3. The van der Waals surface area contributed by atoms with Gasteiger partial charge >= 0.3 is 0 Å². The van der Waals surface area contributed by atoms with Crippen LogP contribution >= 0.6 is 11.3 Å². The van der Waals surface area contributed by atoms with Gasteiger partial charge in [-0.1, -0.05) is 6.92 Å². The van der Waals surface area contributed by atoms with Gasteiger partial charge in [0.15, 0.2) is 5.01 Å². The van der Waals surface area contributed by atoms with Crippen molar-refractivity contribution in [3.63, 3.8) is 0 Å². The summed E-state index contributed by atoms with van der Waals surface area (Å²) in [6.07, 6.45) is 1.54. The fraction of sp³-hybridized carbons (Fsp3) is 0.600. The lowest BCUT2D eigenvalue weighted by Crippen LogP contribution is -2.35. The molecule has 4 rings (SSSR count). The average molecular weight is 540 g/mol. The smallest absolute Gasteiger partial charge is 0.280 e. The molecule has 0 unspecified atom stereocenters. The summed E-state index contributed by atoms with van der Waals surface area (Å²) in [6, 6.07) is 0.332. The summed E-state index contributed by atoms with van der Waals surface area (Å²) >= 11 is 0.867. The van der Waals surface area contributed by atoms with Gasteiger partial charge in [0.2, 0.25) is 0 Å². The molecular weight excluding hydrogens is 507 g/mol. The minimum atomic E-state index is -2.91. The maximum Gasteiger partial charge on any atom is 0.280 e. The monoisotopic (exact) mass is 539 g/mol. The number of aromatic nitrogens is 2. The Morgan fingerprint density at radius 1 is 1.30 bits per heavy atom. The van der Waals surface area contributed by atoms with Crippen LogP contribution in [0, 0.1) is 0 Å². The van der Waals surface area contributed by atoms with E-state index in [0.29, 0.717) is 32.2 Å². The number of carbonyl (C=O) groups is 2. The molecule has 0 radical (unpaired) electrons. The normalized spacial score (nSPS) is 22.5. The molecule has 0 spiro atoms. The number of amides is 2. The van der Waals surface area contributed by atoms with Crippen LogP contribution in [0.5, 0.6) is 0 Å². The molecule has 2 aliphatic rings. The molecule has 2 fully saturated rings. The predicted octanol–water partition coefficient (Wildman–Crippen LogP) is 4.57. The third-order valence-corrected chi connectivity index (χ3v) is 8.11. The highest BCUT2D eigenvalue weighted by molar-refractivity contribution is 7.17. The highest BCUT2D eigenvalue weighted by atomic mass is 32.1. The minimum absolute atomic E-state index is 0.0110. The van der Waals surface area contributed by atoms with Crippen LogP contribution in [0.1, 0.15) is 84.7 Å². The van der Waals surface area contributed by atoms with Gasteiger partial charge in [-0.25, -0.2) is 23.1 Å². The van der Waals surface area contributed by atoms with Crippen molar-refractivity contribution < 1.29 is 27.9 Å². The highest BCUT2D eigenvalue weighted by Crippen LogP contribution is 2.39. The van der Waals surface area contributed by atoms with Crippen LogP contribution in [-0.2, 0) is 0 Å². The minimum Gasteiger partial charge on any atom is -0.393 e. The van der Waals surface area contributed by atoms with Crippen molar-refractivity contribution in [2.45, 2.75) is 83.0 Å². The van der Waals surface area contributed by atoms with E-state index in [-0.39, 0.29) is 44.6 Å². The fourth-order valence-electron chi connectivity index (χ4n) is 4.83. The second-order valence-corrected chi connectivity index (χ2v) is 10.7. The van der Waals surface area contributed by atoms with E-state index < -0.39 is 37.1 Å². The molecule has 1 aliphatic heterocycles. The Hall–Kier alpha value is -2.73. The zero-order valence-corrected chi connectivity index (χ0v) is 21.7. The number of nitrogens with zero attached hydrogens (tertiary/aromatic N) is 3. The number of pyridine rings is 1. The molecule has 0 aromatic carbocycles. The molecule has 8 nitrogen and oxygen atoms in total. The van der Waals surface area contributed by atoms with Gasteiger partial charge in [-0.2, -0.15) is 0 Å². The average Bonchev–Trinajstić information content (AvgIpc) is 3.61. The van der Waals surface area contributed by atoms with Gasteiger partial charge in [0, 0.05) is 36.0 Å². The van der Waals surface area contributed by atoms with E-state index in [9.17, 15) is 27.9 Å². The molecule has 37 heavy (non-hydrogen) atoms. The SMILES string of the molecule is CC[C@@H](CF)Nc1cc(C(F)F)c(-c2sc(C(=O)N[C@@H]3CC[C@@H](O)C3)nc2C(=O)N2CCC[C@@H]2C)cn1. The highest BCUT2D eigenvalue weighted by Gasteiger charge is 2.34. The molecule has 12 heteroatoms. The van der Waals surface area contributed by atoms with Gasteiger partial charge in [-0.15, -0.1) is 11.3 Å². The van der Waals surface area contributed by atoms with Gasteiger partial charge in [0.1, 0.15) is 18.2 Å². The second kappa shape index (κ2) is 11.8. The maximum atomic E-state index is 14.2. The van der Waals surface area contributed by atoms with Gasteiger partial charge < -0.3 is 20.6 Å². The number of aliphatic hydroxyl groups excluding tert-OH is 1. The summed E-state index contributed by atoms with van der Waals surface area (Å²) in [6.45, 7) is 3.52. The van der Waals surface area contributed by atoms with E-state index in [2.05, 4.69) is 20.6 Å². The third kappa shape index (κ3) is 6.06. The van der Waals surface area contributed by atoms with Gasteiger partial charge in [-0.05, 0) is 51.5 Å². The number of alkyl halides is 3. The molecule has 3 heterocycles. The van der Waals surface area contributed by atoms with E-state index in [1.54, 1.807) is 11.8 Å². The van der Waals surface area contributed by atoms with Crippen molar-refractivity contribution in [3.05, 3.63) is 28.5 Å². The lowest BCUT2D eigenvalue weighted by atomic mass is 10.1. The molecule has 1 saturated heterocycles. The number of likely N-dealkylation sites (tertiary alicyclic amines) is 1. The predicted molar refractivity (Wildman–Crippen MR) is 135 cm³/mol. The summed E-state index contributed by atoms with van der Waals surface area (Å²) in [4.78, 5) is 36.8.